The molecular weight excluding hydrogens is 216 g/mol. The maximum absolute atomic E-state index is 5.70. The maximum atomic E-state index is 5.70. The van der Waals surface area contributed by atoms with Crippen LogP contribution in [0, 0.1) is 5.92 Å². The summed E-state index contributed by atoms with van der Waals surface area (Å²) in [6, 6.07) is 0.292. The molecule has 82 valence electrons. The van der Waals surface area contributed by atoms with Crippen molar-refractivity contribution >= 4 is 17.5 Å². The van der Waals surface area contributed by atoms with E-state index < -0.39 is 0 Å². The van der Waals surface area contributed by atoms with Gasteiger partial charge in [-0.3, -0.25) is 0 Å². The Morgan fingerprint density at radius 3 is 2.87 bits per heavy atom. The Morgan fingerprint density at radius 1 is 1.40 bits per heavy atom. The lowest BCUT2D eigenvalue weighted by Crippen LogP contribution is -2.05. The Kier molecular flexibility index (Phi) is 3.20. The molecule has 1 heterocycles. The first-order valence-electron chi connectivity index (χ1n) is 5.00. The fourth-order valence-corrected chi connectivity index (χ4v) is 1.38. The van der Waals surface area contributed by atoms with E-state index in [2.05, 4.69) is 20.3 Å². The molecular formula is C9H13ClN4O. The largest absolute Gasteiger partial charge is 0.463 e. The van der Waals surface area contributed by atoms with Gasteiger partial charge in [0.2, 0.25) is 11.2 Å². The Labute approximate surface area is 93.2 Å². The molecule has 5 nitrogen and oxygen atoms in total. The predicted octanol–water partition coefficient (Wildman–Crippen LogP) is 1.75. The number of halogens is 1. The van der Waals surface area contributed by atoms with Crippen molar-refractivity contribution in [1.82, 2.24) is 15.0 Å². The molecule has 1 aromatic rings. The average molecular weight is 229 g/mol. The Balaban J connectivity index is 1.90. The van der Waals surface area contributed by atoms with E-state index >= 15 is 0 Å². The molecule has 1 saturated carbocycles. The summed E-state index contributed by atoms with van der Waals surface area (Å²) in [5.74, 6) is 1.27. The molecule has 1 aromatic heterocycles. The molecule has 1 N–H and O–H groups in total. The highest BCUT2D eigenvalue weighted by molar-refractivity contribution is 6.28. The van der Waals surface area contributed by atoms with Crippen molar-refractivity contribution in [2.45, 2.75) is 19.3 Å². The van der Waals surface area contributed by atoms with Gasteiger partial charge in [-0.1, -0.05) is 12.8 Å². The topological polar surface area (TPSA) is 59.9 Å². The highest BCUT2D eigenvalue weighted by Gasteiger charge is 2.20. The van der Waals surface area contributed by atoms with E-state index in [1.807, 2.05) is 0 Å². The summed E-state index contributed by atoms with van der Waals surface area (Å²) >= 11 is 5.70. The molecule has 0 aromatic carbocycles. The third kappa shape index (κ3) is 3.20. The Bertz CT molecular complexity index is 343. The van der Waals surface area contributed by atoms with Gasteiger partial charge in [0.05, 0.1) is 6.61 Å². The number of nitrogens with zero attached hydrogens (tertiary/aromatic N) is 3. The molecule has 0 atom stereocenters. The van der Waals surface area contributed by atoms with Gasteiger partial charge in [-0.05, 0) is 23.9 Å². The molecule has 0 amide bonds. The van der Waals surface area contributed by atoms with Gasteiger partial charge in [0.25, 0.3) is 0 Å². The van der Waals surface area contributed by atoms with Crippen LogP contribution in [-0.2, 0) is 0 Å². The molecule has 1 fully saturated rings. The molecule has 15 heavy (non-hydrogen) atoms. The summed E-state index contributed by atoms with van der Waals surface area (Å²) < 4.78 is 5.39. The van der Waals surface area contributed by atoms with Crippen LogP contribution in [0.1, 0.15) is 19.3 Å². The SMILES string of the molecule is CNc1nc(Cl)nc(OCCC2CC2)n1. The van der Waals surface area contributed by atoms with Gasteiger partial charge in [-0.15, -0.1) is 0 Å². The predicted molar refractivity (Wildman–Crippen MR) is 57.2 cm³/mol. The number of anilines is 1. The number of rotatable bonds is 5. The summed E-state index contributed by atoms with van der Waals surface area (Å²) in [5, 5.41) is 2.94. The first kappa shape index (κ1) is 10.4. The molecule has 0 saturated heterocycles. The van der Waals surface area contributed by atoms with E-state index in [-0.39, 0.29) is 5.28 Å². The molecule has 0 bridgehead atoms. The minimum Gasteiger partial charge on any atom is -0.463 e. The van der Waals surface area contributed by atoms with Crippen LogP contribution < -0.4 is 10.1 Å². The van der Waals surface area contributed by atoms with Gasteiger partial charge in [-0.25, -0.2) is 0 Å². The zero-order chi connectivity index (χ0) is 10.7. The summed E-state index contributed by atoms with van der Waals surface area (Å²) in [6.45, 7) is 0.647. The molecule has 0 aliphatic heterocycles. The highest BCUT2D eigenvalue weighted by Crippen LogP contribution is 2.32. The standard InChI is InChI=1S/C9H13ClN4O/c1-11-8-12-7(10)13-9(14-8)15-5-4-6-2-3-6/h6H,2-5H2,1H3,(H,11,12,13,14). The van der Waals surface area contributed by atoms with Crippen LogP contribution >= 0.6 is 11.6 Å². The number of aromatic nitrogens is 3. The summed E-state index contributed by atoms with van der Waals surface area (Å²) in [7, 11) is 1.72. The van der Waals surface area contributed by atoms with Crippen molar-refractivity contribution in [3.05, 3.63) is 5.28 Å². The molecule has 0 unspecified atom stereocenters. The van der Waals surface area contributed by atoms with Crippen molar-refractivity contribution < 1.29 is 4.74 Å². The highest BCUT2D eigenvalue weighted by atomic mass is 35.5. The van der Waals surface area contributed by atoms with Crippen LogP contribution in [0.15, 0.2) is 0 Å². The van der Waals surface area contributed by atoms with Crippen LogP contribution in [0.5, 0.6) is 6.01 Å². The smallest absolute Gasteiger partial charge is 0.322 e. The van der Waals surface area contributed by atoms with Gasteiger partial charge in [0.1, 0.15) is 0 Å². The lowest BCUT2D eigenvalue weighted by molar-refractivity contribution is 0.279. The second-order valence-electron chi connectivity index (χ2n) is 3.54. The monoisotopic (exact) mass is 228 g/mol. The number of hydrogen-bond acceptors (Lipinski definition) is 5. The molecule has 2 rings (SSSR count). The van der Waals surface area contributed by atoms with E-state index in [1.54, 1.807) is 7.05 Å². The second-order valence-corrected chi connectivity index (χ2v) is 3.88. The van der Waals surface area contributed by atoms with Crippen LogP contribution in [0.4, 0.5) is 5.95 Å². The summed E-state index contributed by atoms with van der Waals surface area (Å²) in [6.07, 6.45) is 3.71. The van der Waals surface area contributed by atoms with Crippen LogP contribution in [0.3, 0.4) is 0 Å². The van der Waals surface area contributed by atoms with Crippen molar-refractivity contribution in [2.75, 3.05) is 19.0 Å². The number of hydrogen-bond donors (Lipinski definition) is 1. The van der Waals surface area contributed by atoms with Gasteiger partial charge >= 0.3 is 6.01 Å². The second kappa shape index (κ2) is 4.61. The third-order valence-electron chi connectivity index (χ3n) is 2.27. The first-order chi connectivity index (χ1) is 7.28. The van der Waals surface area contributed by atoms with Crippen LogP contribution in [0.25, 0.3) is 0 Å². The lowest BCUT2D eigenvalue weighted by atomic mass is 10.3. The van der Waals surface area contributed by atoms with Crippen LogP contribution in [-0.4, -0.2) is 28.6 Å². The Morgan fingerprint density at radius 2 is 2.20 bits per heavy atom. The van der Waals surface area contributed by atoms with E-state index in [4.69, 9.17) is 16.3 Å². The molecule has 1 aliphatic rings. The van der Waals surface area contributed by atoms with Gasteiger partial charge in [0, 0.05) is 7.05 Å². The van der Waals surface area contributed by atoms with E-state index in [0.29, 0.717) is 18.6 Å². The van der Waals surface area contributed by atoms with Gasteiger partial charge in [-0.2, -0.15) is 15.0 Å². The summed E-state index contributed by atoms with van der Waals surface area (Å²) in [5.41, 5.74) is 0. The minimum absolute atomic E-state index is 0.149. The van der Waals surface area contributed by atoms with Gasteiger partial charge < -0.3 is 10.1 Å². The van der Waals surface area contributed by atoms with Crippen molar-refractivity contribution in [2.24, 2.45) is 5.92 Å². The first-order valence-corrected chi connectivity index (χ1v) is 5.38. The zero-order valence-electron chi connectivity index (χ0n) is 8.53. The molecule has 1 aliphatic carbocycles. The molecule has 0 spiro atoms. The molecule has 0 radical (unpaired) electrons. The maximum Gasteiger partial charge on any atom is 0.322 e. The zero-order valence-corrected chi connectivity index (χ0v) is 9.29. The van der Waals surface area contributed by atoms with Gasteiger partial charge in [0.15, 0.2) is 0 Å². The lowest BCUT2D eigenvalue weighted by Gasteiger charge is -2.04. The fourth-order valence-electron chi connectivity index (χ4n) is 1.23. The number of ether oxygens (including phenoxy) is 1. The van der Waals surface area contributed by atoms with E-state index in [1.165, 1.54) is 12.8 Å². The van der Waals surface area contributed by atoms with Crippen molar-refractivity contribution in [1.29, 1.82) is 0 Å². The summed E-state index contributed by atoms with van der Waals surface area (Å²) in [4.78, 5) is 11.8. The van der Waals surface area contributed by atoms with Crippen molar-refractivity contribution in [3.63, 3.8) is 0 Å². The number of nitrogens with one attached hydrogen (secondary N) is 1. The third-order valence-corrected chi connectivity index (χ3v) is 2.43. The normalized spacial score (nSPS) is 15.1. The van der Waals surface area contributed by atoms with E-state index in [0.717, 1.165) is 12.3 Å². The quantitative estimate of drug-likeness (QED) is 0.832. The van der Waals surface area contributed by atoms with Crippen molar-refractivity contribution in [3.8, 4) is 6.01 Å². The fraction of sp³-hybridized carbons (Fsp3) is 0.667. The van der Waals surface area contributed by atoms with Crippen LogP contribution in [0.2, 0.25) is 5.28 Å². The Hall–Kier alpha value is -1.10. The minimum atomic E-state index is 0.149. The van der Waals surface area contributed by atoms with E-state index in [9.17, 15) is 0 Å². The molecule has 6 heteroatoms. The average Bonchev–Trinajstić information content (AvgIpc) is 3.01.